The van der Waals surface area contributed by atoms with Crippen LogP contribution >= 0.6 is 11.3 Å². The molecule has 0 N–H and O–H groups in total. The fraction of sp³-hybridized carbons (Fsp3) is 0.238. The van der Waals surface area contributed by atoms with E-state index in [0.717, 1.165) is 16.6 Å². The second-order valence-corrected chi connectivity index (χ2v) is 7.50. The summed E-state index contributed by atoms with van der Waals surface area (Å²) in [4.78, 5) is 27.3. The van der Waals surface area contributed by atoms with E-state index in [9.17, 15) is 14.9 Å². The summed E-state index contributed by atoms with van der Waals surface area (Å²) >= 11 is 1.47. The Bertz CT molecular complexity index is 1030. The number of methoxy groups -OCH3 is 1. The average molecular weight is 412 g/mol. The van der Waals surface area contributed by atoms with Gasteiger partial charge in [0, 0.05) is 17.0 Å². The molecular formula is C21H20N2O5S. The highest BCUT2D eigenvalue weighted by Gasteiger charge is 2.19. The lowest BCUT2D eigenvalue weighted by atomic mass is 10.0. The van der Waals surface area contributed by atoms with E-state index in [1.807, 2.05) is 17.5 Å². The molecule has 0 saturated heterocycles. The van der Waals surface area contributed by atoms with Crippen molar-refractivity contribution in [1.29, 1.82) is 0 Å². The lowest BCUT2D eigenvalue weighted by Crippen LogP contribution is -2.06. The third-order valence-corrected chi connectivity index (χ3v) is 5.28. The van der Waals surface area contributed by atoms with Crippen LogP contribution in [-0.2, 0) is 11.3 Å². The van der Waals surface area contributed by atoms with Crippen LogP contribution in [0.25, 0.3) is 10.6 Å². The first kappa shape index (κ1) is 20.5. The maximum atomic E-state index is 12.3. The highest BCUT2D eigenvalue weighted by Crippen LogP contribution is 2.28. The molecule has 0 spiro atoms. The summed E-state index contributed by atoms with van der Waals surface area (Å²) in [5.41, 5.74) is 2.67. The number of ether oxygens (including phenoxy) is 2. The average Bonchev–Trinajstić information content (AvgIpc) is 3.20. The number of rotatable bonds is 7. The quantitative estimate of drug-likeness (QED) is 0.301. The van der Waals surface area contributed by atoms with Crippen LogP contribution in [0, 0.1) is 10.1 Å². The van der Waals surface area contributed by atoms with Crippen LogP contribution < -0.4 is 4.74 Å². The molecule has 0 bridgehead atoms. The smallest absolute Gasteiger partial charge is 0.338 e. The van der Waals surface area contributed by atoms with Crippen molar-refractivity contribution in [3.05, 3.63) is 74.8 Å². The SMILES string of the molecule is COc1ccc(C(=O)OCc2csc(-c3ccc(C(C)C)cc3)n2)cc1[N+](=O)[O-]. The van der Waals surface area contributed by atoms with Gasteiger partial charge < -0.3 is 9.47 Å². The predicted molar refractivity (Wildman–Crippen MR) is 110 cm³/mol. The third-order valence-electron chi connectivity index (χ3n) is 4.34. The van der Waals surface area contributed by atoms with Gasteiger partial charge in [-0.1, -0.05) is 38.1 Å². The van der Waals surface area contributed by atoms with E-state index >= 15 is 0 Å². The Morgan fingerprint density at radius 2 is 1.93 bits per heavy atom. The third kappa shape index (κ3) is 4.78. The first-order valence-electron chi connectivity index (χ1n) is 8.93. The van der Waals surface area contributed by atoms with Crippen LogP contribution in [0.4, 0.5) is 5.69 Å². The van der Waals surface area contributed by atoms with Gasteiger partial charge in [0.2, 0.25) is 0 Å². The van der Waals surface area contributed by atoms with Gasteiger partial charge in [0.15, 0.2) is 5.75 Å². The monoisotopic (exact) mass is 412 g/mol. The highest BCUT2D eigenvalue weighted by atomic mass is 32.1. The van der Waals surface area contributed by atoms with E-state index < -0.39 is 10.9 Å². The molecule has 3 aromatic rings. The molecule has 8 heteroatoms. The fourth-order valence-corrected chi connectivity index (χ4v) is 3.51. The minimum atomic E-state index is -0.661. The number of nitrogens with zero attached hydrogens (tertiary/aromatic N) is 2. The zero-order valence-electron chi connectivity index (χ0n) is 16.2. The van der Waals surface area contributed by atoms with Crippen molar-refractivity contribution >= 4 is 23.0 Å². The Morgan fingerprint density at radius 3 is 2.55 bits per heavy atom. The molecule has 7 nitrogen and oxygen atoms in total. The molecule has 3 rings (SSSR count). The molecule has 0 radical (unpaired) electrons. The molecule has 1 aromatic heterocycles. The summed E-state index contributed by atoms with van der Waals surface area (Å²) < 4.78 is 10.2. The van der Waals surface area contributed by atoms with Gasteiger partial charge in [-0.05, 0) is 23.6 Å². The number of esters is 1. The van der Waals surface area contributed by atoms with Crippen molar-refractivity contribution in [3.8, 4) is 16.3 Å². The number of nitro benzene ring substituents is 1. The number of benzene rings is 2. The summed E-state index contributed by atoms with van der Waals surface area (Å²) in [6.07, 6.45) is 0. The standard InChI is InChI=1S/C21H20N2O5S/c1-13(2)14-4-6-15(7-5-14)20-22-17(12-29-20)11-28-21(24)16-8-9-19(27-3)18(10-16)23(25)26/h4-10,12-13H,11H2,1-3H3. The zero-order valence-corrected chi connectivity index (χ0v) is 17.1. The number of nitro groups is 1. The number of aromatic nitrogens is 1. The van der Waals surface area contributed by atoms with Crippen molar-refractivity contribution in [1.82, 2.24) is 4.98 Å². The van der Waals surface area contributed by atoms with Gasteiger partial charge in [-0.25, -0.2) is 9.78 Å². The largest absolute Gasteiger partial charge is 0.490 e. The van der Waals surface area contributed by atoms with Crippen molar-refractivity contribution in [2.24, 2.45) is 0 Å². The molecule has 0 aliphatic rings. The van der Waals surface area contributed by atoms with E-state index in [0.29, 0.717) is 11.6 Å². The molecule has 0 amide bonds. The minimum absolute atomic E-state index is 0.0146. The molecule has 0 aliphatic heterocycles. The van der Waals surface area contributed by atoms with Crippen LogP contribution in [-0.4, -0.2) is 23.0 Å². The van der Waals surface area contributed by atoms with Gasteiger partial charge in [0.25, 0.3) is 0 Å². The van der Waals surface area contributed by atoms with Gasteiger partial charge in [-0.2, -0.15) is 0 Å². The van der Waals surface area contributed by atoms with Crippen molar-refractivity contribution < 1.29 is 19.2 Å². The van der Waals surface area contributed by atoms with Crippen LogP contribution in [0.3, 0.4) is 0 Å². The molecule has 1 heterocycles. The summed E-state index contributed by atoms with van der Waals surface area (Å²) in [5.74, 6) is -0.116. The van der Waals surface area contributed by atoms with Crippen LogP contribution in [0.5, 0.6) is 5.75 Å². The Balaban J connectivity index is 1.67. The van der Waals surface area contributed by atoms with Gasteiger partial charge in [-0.3, -0.25) is 10.1 Å². The Labute approximate surface area is 172 Å². The zero-order chi connectivity index (χ0) is 21.0. The molecule has 0 aliphatic carbocycles. The minimum Gasteiger partial charge on any atom is -0.490 e. The lowest BCUT2D eigenvalue weighted by molar-refractivity contribution is -0.385. The van der Waals surface area contributed by atoms with Crippen molar-refractivity contribution in [2.75, 3.05) is 7.11 Å². The molecule has 29 heavy (non-hydrogen) atoms. The number of hydrogen-bond acceptors (Lipinski definition) is 7. The number of thiazole rings is 1. The number of carbonyl (C=O) groups is 1. The summed E-state index contributed by atoms with van der Waals surface area (Å²) in [5, 5.41) is 13.8. The summed E-state index contributed by atoms with van der Waals surface area (Å²) in [6, 6.07) is 12.2. The summed E-state index contributed by atoms with van der Waals surface area (Å²) in [7, 11) is 1.33. The second-order valence-electron chi connectivity index (χ2n) is 6.64. The predicted octanol–water partition coefficient (Wildman–Crippen LogP) is 5.21. The molecule has 2 aromatic carbocycles. The Morgan fingerprint density at radius 1 is 1.21 bits per heavy atom. The van der Waals surface area contributed by atoms with Crippen molar-refractivity contribution in [3.63, 3.8) is 0 Å². The van der Waals surface area contributed by atoms with Crippen LogP contribution in [0.1, 0.15) is 41.4 Å². The van der Waals surface area contributed by atoms with E-state index in [1.54, 1.807) is 0 Å². The lowest BCUT2D eigenvalue weighted by Gasteiger charge is -2.06. The maximum absolute atomic E-state index is 12.3. The normalized spacial score (nSPS) is 10.8. The van der Waals surface area contributed by atoms with E-state index in [2.05, 4.69) is 31.0 Å². The van der Waals surface area contributed by atoms with Gasteiger partial charge in [0.1, 0.15) is 11.6 Å². The molecule has 0 atom stereocenters. The second kappa shape index (κ2) is 8.83. The van der Waals surface area contributed by atoms with E-state index in [4.69, 9.17) is 9.47 Å². The fourth-order valence-electron chi connectivity index (χ4n) is 2.70. The first-order valence-corrected chi connectivity index (χ1v) is 9.81. The molecular weight excluding hydrogens is 392 g/mol. The number of carbonyl (C=O) groups excluding carboxylic acids is 1. The molecule has 0 unspecified atom stereocenters. The number of hydrogen-bond donors (Lipinski definition) is 0. The van der Waals surface area contributed by atoms with Gasteiger partial charge >= 0.3 is 11.7 Å². The van der Waals surface area contributed by atoms with Crippen molar-refractivity contribution in [2.45, 2.75) is 26.4 Å². The van der Waals surface area contributed by atoms with Gasteiger partial charge in [-0.15, -0.1) is 11.3 Å². The first-order chi connectivity index (χ1) is 13.9. The molecule has 0 fully saturated rings. The topological polar surface area (TPSA) is 91.6 Å². The van der Waals surface area contributed by atoms with Gasteiger partial charge in [0.05, 0.1) is 23.3 Å². The Hall–Kier alpha value is -3.26. The Kier molecular flexibility index (Phi) is 6.23. The highest BCUT2D eigenvalue weighted by molar-refractivity contribution is 7.13. The van der Waals surface area contributed by atoms with Crippen LogP contribution in [0.2, 0.25) is 0 Å². The van der Waals surface area contributed by atoms with E-state index in [1.165, 1.54) is 36.1 Å². The molecule has 150 valence electrons. The van der Waals surface area contributed by atoms with E-state index in [-0.39, 0.29) is 23.6 Å². The maximum Gasteiger partial charge on any atom is 0.338 e. The summed E-state index contributed by atoms with van der Waals surface area (Å²) in [6.45, 7) is 4.27. The van der Waals surface area contributed by atoms with Crippen LogP contribution in [0.15, 0.2) is 47.8 Å². The molecule has 0 saturated carbocycles.